The van der Waals surface area contributed by atoms with Crippen molar-refractivity contribution in [2.24, 2.45) is 10.7 Å². The Kier molecular flexibility index (Phi) is 9.41. The predicted octanol–water partition coefficient (Wildman–Crippen LogP) is 5.13. The van der Waals surface area contributed by atoms with Crippen LogP contribution in [0.15, 0.2) is 47.1 Å². The van der Waals surface area contributed by atoms with E-state index in [0.29, 0.717) is 35.9 Å². The van der Waals surface area contributed by atoms with Crippen LogP contribution in [0, 0.1) is 0 Å². The molecule has 2 heterocycles. The number of pyridine rings is 1. The third-order valence-electron chi connectivity index (χ3n) is 5.47. The number of nitrogens with one attached hydrogen (secondary N) is 1. The minimum atomic E-state index is -0.556. The molecule has 0 radical (unpaired) electrons. The fraction of sp³-hybridized carbons (Fsp3) is 0.429. The first-order chi connectivity index (χ1) is 17.6. The molecule has 1 aromatic heterocycles. The fourth-order valence-corrected chi connectivity index (χ4v) is 3.73. The van der Waals surface area contributed by atoms with Crippen LogP contribution in [0.2, 0.25) is 0 Å². The molecule has 9 heteroatoms. The second-order valence-electron chi connectivity index (χ2n) is 9.80. The number of nitrogens with two attached hydrogens (primary N) is 1. The van der Waals surface area contributed by atoms with Gasteiger partial charge in [-0.3, -0.25) is 14.6 Å². The number of hydrogen-bond acceptors (Lipinski definition) is 7. The number of aromatic nitrogens is 1. The third kappa shape index (κ3) is 8.15. The number of aliphatic imine (C=N–C) groups is 1. The molecule has 37 heavy (non-hydrogen) atoms. The zero-order valence-electron chi connectivity index (χ0n) is 22.3. The van der Waals surface area contributed by atoms with E-state index in [0.717, 1.165) is 29.5 Å². The SMILES string of the molecule is CCCCN(OCC)C(=O)C1=Cc2ccc(-c3ccc(CNC(=O)OC(C)(C)C)nc3)cc2N=C(N)C1. The van der Waals surface area contributed by atoms with Crippen LogP contribution in [-0.2, 0) is 20.9 Å². The summed E-state index contributed by atoms with van der Waals surface area (Å²) in [5, 5.41) is 4.13. The Morgan fingerprint density at radius 3 is 2.54 bits per heavy atom. The number of hydrogen-bond donors (Lipinski definition) is 2. The number of ether oxygens (including phenoxy) is 1. The Morgan fingerprint density at radius 1 is 1.14 bits per heavy atom. The van der Waals surface area contributed by atoms with Crippen molar-refractivity contribution in [1.82, 2.24) is 15.4 Å². The Morgan fingerprint density at radius 2 is 1.89 bits per heavy atom. The van der Waals surface area contributed by atoms with Crippen molar-refractivity contribution in [1.29, 1.82) is 0 Å². The van der Waals surface area contributed by atoms with Gasteiger partial charge in [-0.1, -0.05) is 31.5 Å². The molecule has 3 N–H and O–H groups in total. The number of unbranched alkanes of at least 4 members (excludes halogenated alkanes) is 1. The van der Waals surface area contributed by atoms with Crippen molar-refractivity contribution in [3.63, 3.8) is 0 Å². The molecule has 0 saturated carbocycles. The van der Waals surface area contributed by atoms with Gasteiger partial charge in [-0.25, -0.2) is 14.9 Å². The van der Waals surface area contributed by atoms with Gasteiger partial charge >= 0.3 is 6.09 Å². The number of carbonyl (C=O) groups is 2. The molecule has 0 spiro atoms. The fourth-order valence-electron chi connectivity index (χ4n) is 3.73. The molecular formula is C28H37N5O4. The molecule has 0 atom stereocenters. The molecule has 2 aromatic rings. The van der Waals surface area contributed by atoms with E-state index < -0.39 is 11.7 Å². The zero-order chi connectivity index (χ0) is 27.0. The van der Waals surface area contributed by atoms with Gasteiger partial charge in [-0.05, 0) is 57.9 Å². The second kappa shape index (κ2) is 12.5. The largest absolute Gasteiger partial charge is 0.444 e. The molecule has 198 valence electrons. The first-order valence-electron chi connectivity index (χ1n) is 12.6. The average Bonchev–Trinajstić information content (AvgIpc) is 3.01. The standard InChI is InChI=1S/C28H37N5O4/c1-6-8-13-33(36-7-2)26(34)22-14-20-10-9-19(15-24(20)32-25(29)16-22)21-11-12-23(30-17-21)18-31-27(35)37-28(3,4)5/h9-12,14-15,17H,6-8,13,16,18H2,1-5H3,(H2,29,32)(H,31,35). The van der Waals surface area contributed by atoms with Crippen LogP contribution in [0.3, 0.4) is 0 Å². The predicted molar refractivity (Wildman–Crippen MR) is 145 cm³/mol. The smallest absolute Gasteiger partial charge is 0.407 e. The number of alkyl carbamates (subject to hydrolysis) is 1. The molecule has 9 nitrogen and oxygen atoms in total. The molecule has 3 rings (SSSR count). The van der Waals surface area contributed by atoms with Gasteiger partial charge in [0.2, 0.25) is 0 Å². The summed E-state index contributed by atoms with van der Waals surface area (Å²) in [4.78, 5) is 39.7. The summed E-state index contributed by atoms with van der Waals surface area (Å²) in [5.74, 6) is 0.175. The molecule has 1 aromatic carbocycles. The van der Waals surface area contributed by atoms with Crippen molar-refractivity contribution in [3.8, 4) is 11.1 Å². The molecule has 1 aliphatic rings. The van der Waals surface area contributed by atoms with E-state index in [1.807, 2.05) is 64.1 Å². The van der Waals surface area contributed by atoms with Gasteiger partial charge in [0.25, 0.3) is 5.91 Å². The third-order valence-corrected chi connectivity index (χ3v) is 5.47. The molecule has 2 amide bonds. The van der Waals surface area contributed by atoms with E-state index >= 15 is 0 Å². The number of amidine groups is 1. The van der Waals surface area contributed by atoms with E-state index in [1.165, 1.54) is 5.06 Å². The van der Waals surface area contributed by atoms with Gasteiger partial charge in [0, 0.05) is 35.9 Å². The van der Waals surface area contributed by atoms with Crippen LogP contribution in [0.5, 0.6) is 0 Å². The van der Waals surface area contributed by atoms with Crippen LogP contribution in [0.25, 0.3) is 17.2 Å². The van der Waals surface area contributed by atoms with Crippen molar-refractivity contribution >= 4 is 29.6 Å². The Hall–Kier alpha value is -3.72. The molecule has 0 unspecified atom stereocenters. The minimum Gasteiger partial charge on any atom is -0.444 e. The van der Waals surface area contributed by atoms with Crippen LogP contribution >= 0.6 is 0 Å². The van der Waals surface area contributed by atoms with Crippen LogP contribution < -0.4 is 11.1 Å². The van der Waals surface area contributed by atoms with Crippen LogP contribution in [0.4, 0.5) is 10.5 Å². The highest BCUT2D eigenvalue weighted by Crippen LogP contribution is 2.32. The summed E-state index contributed by atoms with van der Waals surface area (Å²) in [5.41, 5.74) is 10.2. The first kappa shape index (κ1) is 27.9. The van der Waals surface area contributed by atoms with Crippen molar-refractivity contribution < 1.29 is 19.2 Å². The summed E-state index contributed by atoms with van der Waals surface area (Å²) in [6.07, 6.45) is 5.16. The van der Waals surface area contributed by atoms with Gasteiger partial charge in [-0.15, -0.1) is 0 Å². The van der Waals surface area contributed by atoms with Gasteiger partial charge in [0.05, 0.1) is 24.5 Å². The molecule has 0 bridgehead atoms. The number of fused-ring (bicyclic) bond motifs is 1. The summed E-state index contributed by atoms with van der Waals surface area (Å²) >= 11 is 0. The van der Waals surface area contributed by atoms with Crippen molar-refractivity contribution in [3.05, 3.63) is 53.4 Å². The lowest BCUT2D eigenvalue weighted by molar-refractivity contribution is -0.180. The average molecular weight is 508 g/mol. The van der Waals surface area contributed by atoms with Gasteiger partial charge in [-0.2, -0.15) is 0 Å². The number of carbonyl (C=O) groups excluding carboxylic acids is 2. The highest BCUT2D eigenvalue weighted by atomic mass is 16.7. The van der Waals surface area contributed by atoms with Crippen molar-refractivity contribution in [2.75, 3.05) is 13.2 Å². The van der Waals surface area contributed by atoms with Gasteiger partial charge in [0.1, 0.15) is 11.4 Å². The van der Waals surface area contributed by atoms with E-state index in [-0.39, 0.29) is 18.9 Å². The Balaban J connectivity index is 1.77. The number of benzene rings is 1. The lowest BCUT2D eigenvalue weighted by atomic mass is 10.0. The maximum absolute atomic E-state index is 13.2. The Bertz CT molecular complexity index is 1170. The highest BCUT2D eigenvalue weighted by Gasteiger charge is 2.22. The van der Waals surface area contributed by atoms with E-state index in [9.17, 15) is 9.59 Å². The summed E-state index contributed by atoms with van der Waals surface area (Å²) in [6.45, 7) is 10.6. The maximum atomic E-state index is 13.2. The van der Waals surface area contributed by atoms with Crippen molar-refractivity contribution in [2.45, 2.75) is 66.0 Å². The maximum Gasteiger partial charge on any atom is 0.407 e. The molecule has 1 aliphatic heterocycles. The number of hydroxylamine groups is 2. The van der Waals surface area contributed by atoms with E-state index in [4.69, 9.17) is 15.3 Å². The van der Waals surface area contributed by atoms with Gasteiger partial charge < -0.3 is 15.8 Å². The van der Waals surface area contributed by atoms with E-state index in [2.05, 4.69) is 22.2 Å². The molecular weight excluding hydrogens is 470 g/mol. The quantitative estimate of drug-likeness (QED) is 0.454. The second-order valence-corrected chi connectivity index (χ2v) is 9.80. The first-order valence-corrected chi connectivity index (χ1v) is 12.6. The lowest BCUT2D eigenvalue weighted by Gasteiger charge is -2.22. The zero-order valence-corrected chi connectivity index (χ0v) is 22.3. The highest BCUT2D eigenvalue weighted by molar-refractivity contribution is 6.05. The monoisotopic (exact) mass is 507 g/mol. The summed E-state index contributed by atoms with van der Waals surface area (Å²) in [6, 6.07) is 9.60. The lowest BCUT2D eigenvalue weighted by Crippen LogP contribution is -2.34. The Labute approximate surface area is 218 Å². The normalized spacial score (nSPS) is 13.1. The number of nitrogens with zero attached hydrogens (tertiary/aromatic N) is 3. The molecule has 0 aliphatic carbocycles. The van der Waals surface area contributed by atoms with Gasteiger partial charge in [0.15, 0.2) is 0 Å². The van der Waals surface area contributed by atoms with Crippen LogP contribution in [0.1, 0.15) is 65.1 Å². The summed E-state index contributed by atoms with van der Waals surface area (Å²) < 4.78 is 5.25. The topological polar surface area (TPSA) is 119 Å². The van der Waals surface area contributed by atoms with E-state index in [1.54, 1.807) is 6.20 Å². The van der Waals surface area contributed by atoms with Crippen LogP contribution in [-0.4, -0.2) is 46.6 Å². The number of rotatable bonds is 9. The molecule has 0 fully saturated rings. The summed E-state index contributed by atoms with van der Waals surface area (Å²) in [7, 11) is 0. The minimum absolute atomic E-state index is 0.190. The molecule has 0 saturated heterocycles. The number of amides is 2.